The molecule has 1 unspecified atom stereocenters. The summed E-state index contributed by atoms with van der Waals surface area (Å²) in [4.78, 5) is 25.6. The zero-order valence-electron chi connectivity index (χ0n) is 20.7. The molecule has 2 N–H and O–H groups in total. The number of carbonyl (C=O) groups is 2. The fraction of sp³-hybridized carbons (Fsp3) is 0.652. The van der Waals surface area contributed by atoms with E-state index in [-0.39, 0.29) is 32.5 Å². The summed E-state index contributed by atoms with van der Waals surface area (Å²) in [5.41, 5.74) is 6.62. The lowest BCUT2D eigenvalue weighted by molar-refractivity contribution is -0.142. The van der Waals surface area contributed by atoms with Crippen LogP contribution in [0.15, 0.2) is 30.3 Å². The molecule has 0 fully saturated rings. The maximum atomic E-state index is 12.8. The van der Waals surface area contributed by atoms with Gasteiger partial charge in [-0.05, 0) is 38.7 Å². The molecule has 0 saturated heterocycles. The molecule has 0 radical (unpaired) electrons. The summed E-state index contributed by atoms with van der Waals surface area (Å²) >= 11 is 0. The predicted octanol–water partition coefficient (Wildman–Crippen LogP) is 4.59. The summed E-state index contributed by atoms with van der Waals surface area (Å²) in [7, 11) is -2.00. The Morgan fingerprint density at radius 3 is 2.18 bits per heavy atom. The van der Waals surface area contributed by atoms with Crippen LogP contribution in [0.4, 0.5) is 4.79 Å². The highest BCUT2D eigenvalue weighted by atomic mass is 31.2. The number of nitrogens with zero attached hydrogens (tertiary/aromatic N) is 1. The normalized spacial score (nSPS) is 11.7. The van der Waals surface area contributed by atoms with Crippen molar-refractivity contribution in [3.63, 3.8) is 0 Å². The second-order valence-corrected chi connectivity index (χ2v) is 9.01. The number of carbonyl (C=O) groups excluding carboxylic acids is 2. The first-order chi connectivity index (χ1) is 15.8. The number of unbranched alkanes of at least 4 members (excludes halogenated alkanes) is 1. The molecule has 0 aliphatic carbocycles. The zero-order valence-corrected chi connectivity index (χ0v) is 21.6. The van der Waals surface area contributed by atoms with Crippen molar-refractivity contribution in [3.05, 3.63) is 35.9 Å². The van der Waals surface area contributed by atoms with Crippen molar-refractivity contribution >= 4 is 19.7 Å². The molecular formula is C23H41N2O7P. The first kappa shape index (κ1) is 31.1. The molecule has 0 aliphatic rings. The lowest BCUT2D eigenvalue weighted by Gasteiger charge is -2.25. The Labute approximate surface area is 198 Å². The van der Waals surface area contributed by atoms with Gasteiger partial charge in [-0.1, -0.05) is 44.2 Å². The third-order valence-corrected chi connectivity index (χ3v) is 6.51. The van der Waals surface area contributed by atoms with Crippen molar-refractivity contribution in [1.82, 2.24) is 4.90 Å². The van der Waals surface area contributed by atoms with E-state index in [1.54, 1.807) is 13.8 Å². The summed E-state index contributed by atoms with van der Waals surface area (Å²) in [5.74, 6) is -0.464. The SMILES string of the molecule is CC.CCOP(=O)(CCN(CCCCC(N)C(=O)OC)C(=O)OCc1ccccc1)OCC. The van der Waals surface area contributed by atoms with Crippen molar-refractivity contribution in [2.45, 2.75) is 59.6 Å². The first-order valence-corrected chi connectivity index (χ1v) is 13.2. The number of benzene rings is 1. The molecular weight excluding hydrogens is 447 g/mol. The third-order valence-electron chi connectivity index (χ3n) is 4.46. The van der Waals surface area contributed by atoms with Gasteiger partial charge in [-0.3, -0.25) is 9.36 Å². The summed E-state index contributed by atoms with van der Waals surface area (Å²) in [6.07, 6.45) is 1.21. The molecule has 9 nitrogen and oxygen atoms in total. The molecule has 0 bridgehead atoms. The Hall–Kier alpha value is -1.93. The zero-order chi connectivity index (χ0) is 25.1. The van der Waals surface area contributed by atoms with E-state index in [4.69, 9.17) is 19.5 Å². The van der Waals surface area contributed by atoms with Crippen LogP contribution in [0.5, 0.6) is 0 Å². The maximum Gasteiger partial charge on any atom is 0.410 e. The third kappa shape index (κ3) is 13.4. The van der Waals surface area contributed by atoms with Crippen molar-refractivity contribution in [2.75, 3.05) is 39.6 Å². The topological polar surface area (TPSA) is 117 Å². The Kier molecular flexibility index (Phi) is 17.4. The molecule has 1 aromatic carbocycles. The molecule has 190 valence electrons. The maximum absolute atomic E-state index is 12.8. The van der Waals surface area contributed by atoms with Crippen molar-refractivity contribution in [3.8, 4) is 0 Å². The second-order valence-electron chi connectivity index (χ2n) is 6.82. The molecule has 0 aromatic heterocycles. The van der Waals surface area contributed by atoms with E-state index in [1.807, 2.05) is 44.2 Å². The van der Waals surface area contributed by atoms with Gasteiger partial charge in [0.2, 0.25) is 0 Å². The minimum atomic E-state index is -3.29. The fourth-order valence-electron chi connectivity index (χ4n) is 2.84. The van der Waals surface area contributed by atoms with E-state index in [0.29, 0.717) is 25.8 Å². The average Bonchev–Trinajstić information content (AvgIpc) is 2.83. The highest BCUT2D eigenvalue weighted by Gasteiger charge is 2.26. The number of esters is 1. The largest absolute Gasteiger partial charge is 0.468 e. The van der Waals surface area contributed by atoms with Gasteiger partial charge in [-0.15, -0.1) is 0 Å². The number of hydrogen-bond acceptors (Lipinski definition) is 8. The molecule has 1 amide bonds. The Bertz CT molecular complexity index is 693. The molecule has 0 spiro atoms. The van der Waals surface area contributed by atoms with Gasteiger partial charge in [0.15, 0.2) is 0 Å². The number of nitrogens with two attached hydrogens (primary N) is 1. The van der Waals surface area contributed by atoms with Gasteiger partial charge in [0.05, 0.1) is 26.5 Å². The van der Waals surface area contributed by atoms with Gasteiger partial charge in [-0.25, -0.2) is 4.79 Å². The first-order valence-electron chi connectivity index (χ1n) is 11.5. The van der Waals surface area contributed by atoms with Crippen LogP contribution in [0.25, 0.3) is 0 Å². The van der Waals surface area contributed by atoms with Crippen molar-refractivity contribution < 1.29 is 32.7 Å². The number of hydrogen-bond donors (Lipinski definition) is 1. The van der Waals surface area contributed by atoms with Crippen LogP contribution in [0.3, 0.4) is 0 Å². The van der Waals surface area contributed by atoms with Crippen molar-refractivity contribution in [1.29, 1.82) is 0 Å². The Morgan fingerprint density at radius 1 is 1.03 bits per heavy atom. The van der Waals surface area contributed by atoms with Gasteiger partial charge in [0, 0.05) is 13.1 Å². The predicted molar refractivity (Wildman–Crippen MR) is 129 cm³/mol. The number of methoxy groups -OCH3 is 1. The molecule has 10 heteroatoms. The molecule has 0 heterocycles. The van der Waals surface area contributed by atoms with Crippen LogP contribution in [0.1, 0.15) is 52.5 Å². The number of ether oxygens (including phenoxy) is 2. The van der Waals surface area contributed by atoms with E-state index in [0.717, 1.165) is 5.56 Å². The van der Waals surface area contributed by atoms with E-state index < -0.39 is 25.7 Å². The summed E-state index contributed by atoms with van der Waals surface area (Å²) in [6, 6.07) is 8.65. The minimum absolute atomic E-state index is 0.0663. The second kappa shape index (κ2) is 18.5. The van der Waals surface area contributed by atoms with Crippen LogP contribution in [0, 0.1) is 0 Å². The highest BCUT2D eigenvalue weighted by Crippen LogP contribution is 2.47. The van der Waals surface area contributed by atoms with Crippen LogP contribution in [-0.4, -0.2) is 62.6 Å². The molecule has 33 heavy (non-hydrogen) atoms. The van der Waals surface area contributed by atoms with Gasteiger partial charge >= 0.3 is 19.7 Å². The lowest BCUT2D eigenvalue weighted by atomic mass is 10.1. The van der Waals surface area contributed by atoms with Crippen LogP contribution >= 0.6 is 7.60 Å². The highest BCUT2D eigenvalue weighted by molar-refractivity contribution is 7.53. The van der Waals surface area contributed by atoms with Gasteiger partial charge in [-0.2, -0.15) is 0 Å². The van der Waals surface area contributed by atoms with Gasteiger partial charge < -0.3 is 29.2 Å². The van der Waals surface area contributed by atoms with E-state index in [2.05, 4.69) is 4.74 Å². The number of amides is 1. The molecule has 0 aliphatic heterocycles. The summed E-state index contributed by atoms with van der Waals surface area (Å²) in [5, 5.41) is 0. The summed E-state index contributed by atoms with van der Waals surface area (Å²) < 4.78 is 33.4. The lowest BCUT2D eigenvalue weighted by Crippen LogP contribution is -2.35. The Morgan fingerprint density at radius 2 is 1.64 bits per heavy atom. The average molecular weight is 489 g/mol. The van der Waals surface area contributed by atoms with Crippen LogP contribution in [-0.2, 0) is 34.5 Å². The standard InChI is InChI=1S/C21H35N2O7P.C2H6/c1-4-29-31(26,30-5-2)16-15-23(14-10-9-13-19(22)20(24)27-3)21(25)28-17-18-11-7-6-8-12-18;1-2/h6-8,11-12,19H,4-5,9-10,13-17,22H2,1-3H3;1-2H3. The monoisotopic (exact) mass is 488 g/mol. The van der Waals surface area contributed by atoms with Crippen molar-refractivity contribution in [2.24, 2.45) is 5.73 Å². The van der Waals surface area contributed by atoms with Crippen LogP contribution in [0.2, 0.25) is 0 Å². The van der Waals surface area contributed by atoms with E-state index >= 15 is 0 Å². The van der Waals surface area contributed by atoms with E-state index in [1.165, 1.54) is 12.0 Å². The van der Waals surface area contributed by atoms with E-state index in [9.17, 15) is 14.2 Å². The smallest absolute Gasteiger partial charge is 0.410 e. The Balaban J connectivity index is 0.00000497. The minimum Gasteiger partial charge on any atom is -0.468 e. The van der Waals surface area contributed by atoms with Gasteiger partial charge in [0.25, 0.3) is 0 Å². The molecule has 0 saturated carbocycles. The number of rotatable bonds is 15. The molecule has 1 atom stereocenters. The molecule has 1 aromatic rings. The quantitative estimate of drug-likeness (QED) is 0.216. The summed E-state index contributed by atoms with van der Waals surface area (Å²) in [6.45, 7) is 8.64. The van der Waals surface area contributed by atoms with Gasteiger partial charge in [0.1, 0.15) is 12.6 Å². The van der Waals surface area contributed by atoms with Crippen LogP contribution < -0.4 is 5.73 Å². The molecule has 1 rings (SSSR count). The fourth-order valence-corrected chi connectivity index (χ4v) is 4.45.